The highest BCUT2D eigenvalue weighted by Gasteiger charge is 2.26. The summed E-state index contributed by atoms with van der Waals surface area (Å²) in [6.45, 7) is 0.400. The number of carbonyl (C=O) groups is 2. The zero-order valence-electron chi connectivity index (χ0n) is 13.8. The third-order valence-electron chi connectivity index (χ3n) is 4.13. The lowest BCUT2D eigenvalue weighted by atomic mass is 9.96. The fourth-order valence-electron chi connectivity index (χ4n) is 2.94. The summed E-state index contributed by atoms with van der Waals surface area (Å²) in [6.07, 6.45) is 1.46. The third kappa shape index (κ3) is 3.63. The Morgan fingerprint density at radius 1 is 1.16 bits per heavy atom. The molecule has 0 radical (unpaired) electrons. The van der Waals surface area contributed by atoms with Gasteiger partial charge >= 0.3 is 5.97 Å². The molecule has 6 heteroatoms. The van der Waals surface area contributed by atoms with Crippen LogP contribution in [0, 0.1) is 5.82 Å². The standard InChI is InChI=1S/C19H18FNO4/c1-24-19(23)16-4-2-6-17-15(16)5-3-11-21(17)18(22)12-25-14-9-7-13(20)8-10-14/h2,4,6-10H,3,5,11-12H2,1H3. The number of rotatable bonds is 4. The summed E-state index contributed by atoms with van der Waals surface area (Å²) in [5.74, 6) is -0.560. The highest BCUT2D eigenvalue weighted by atomic mass is 19.1. The predicted octanol–water partition coefficient (Wildman–Crippen LogP) is 2.97. The summed E-state index contributed by atoms with van der Waals surface area (Å²) in [5.41, 5.74) is 2.01. The van der Waals surface area contributed by atoms with E-state index in [1.165, 1.54) is 31.4 Å². The van der Waals surface area contributed by atoms with Crippen molar-refractivity contribution in [1.29, 1.82) is 0 Å². The largest absolute Gasteiger partial charge is 0.484 e. The molecule has 25 heavy (non-hydrogen) atoms. The molecule has 0 spiro atoms. The average molecular weight is 343 g/mol. The molecule has 3 rings (SSSR count). The van der Waals surface area contributed by atoms with Crippen molar-refractivity contribution in [3.05, 3.63) is 59.4 Å². The van der Waals surface area contributed by atoms with E-state index in [0.29, 0.717) is 30.0 Å². The summed E-state index contributed by atoms with van der Waals surface area (Å²) >= 11 is 0. The Hall–Kier alpha value is -2.89. The van der Waals surface area contributed by atoms with Crippen LogP contribution in [0.25, 0.3) is 0 Å². The summed E-state index contributed by atoms with van der Waals surface area (Å²) < 4.78 is 23.2. The van der Waals surface area contributed by atoms with Crippen LogP contribution in [0.2, 0.25) is 0 Å². The van der Waals surface area contributed by atoms with E-state index in [2.05, 4.69) is 0 Å². The lowest BCUT2D eigenvalue weighted by Crippen LogP contribution is -2.39. The minimum Gasteiger partial charge on any atom is -0.484 e. The van der Waals surface area contributed by atoms with Gasteiger partial charge in [0.25, 0.3) is 5.91 Å². The number of benzene rings is 2. The van der Waals surface area contributed by atoms with Gasteiger partial charge in [-0.25, -0.2) is 9.18 Å². The highest BCUT2D eigenvalue weighted by Crippen LogP contribution is 2.30. The van der Waals surface area contributed by atoms with Crippen LogP contribution in [0.5, 0.6) is 5.75 Å². The number of fused-ring (bicyclic) bond motifs is 1. The van der Waals surface area contributed by atoms with E-state index in [9.17, 15) is 14.0 Å². The van der Waals surface area contributed by atoms with Crippen LogP contribution in [0.4, 0.5) is 10.1 Å². The van der Waals surface area contributed by atoms with Crippen molar-refractivity contribution in [2.75, 3.05) is 25.2 Å². The number of nitrogens with zero attached hydrogens (tertiary/aromatic N) is 1. The first-order chi connectivity index (χ1) is 12.1. The number of hydrogen-bond donors (Lipinski definition) is 0. The molecule has 1 amide bonds. The first-order valence-corrected chi connectivity index (χ1v) is 7.99. The van der Waals surface area contributed by atoms with Crippen LogP contribution < -0.4 is 9.64 Å². The second-order valence-electron chi connectivity index (χ2n) is 5.69. The van der Waals surface area contributed by atoms with Gasteiger partial charge in [0.15, 0.2) is 6.61 Å². The molecule has 0 aromatic heterocycles. The molecular formula is C19H18FNO4. The molecular weight excluding hydrogens is 325 g/mol. The topological polar surface area (TPSA) is 55.8 Å². The maximum absolute atomic E-state index is 12.9. The Morgan fingerprint density at radius 2 is 1.92 bits per heavy atom. The van der Waals surface area contributed by atoms with Crippen molar-refractivity contribution >= 4 is 17.6 Å². The van der Waals surface area contributed by atoms with Gasteiger partial charge in [0, 0.05) is 12.2 Å². The molecule has 2 aromatic rings. The van der Waals surface area contributed by atoms with E-state index < -0.39 is 5.97 Å². The average Bonchev–Trinajstić information content (AvgIpc) is 2.65. The molecule has 1 aliphatic rings. The minimum atomic E-state index is -0.409. The van der Waals surface area contributed by atoms with Gasteiger partial charge in [-0.15, -0.1) is 0 Å². The second kappa shape index (κ2) is 7.34. The molecule has 0 fully saturated rings. The van der Waals surface area contributed by atoms with Gasteiger partial charge in [0.05, 0.1) is 12.7 Å². The van der Waals surface area contributed by atoms with E-state index in [-0.39, 0.29) is 18.3 Å². The predicted molar refractivity (Wildman–Crippen MR) is 90.4 cm³/mol. The van der Waals surface area contributed by atoms with E-state index >= 15 is 0 Å². The molecule has 130 valence electrons. The number of ether oxygens (including phenoxy) is 2. The molecule has 1 heterocycles. The number of methoxy groups -OCH3 is 1. The number of halogens is 1. The van der Waals surface area contributed by atoms with Crippen molar-refractivity contribution in [2.24, 2.45) is 0 Å². The van der Waals surface area contributed by atoms with Crippen LogP contribution in [-0.4, -0.2) is 32.1 Å². The summed E-state index contributed by atoms with van der Waals surface area (Å²) in [4.78, 5) is 26.1. The number of esters is 1. The minimum absolute atomic E-state index is 0.159. The van der Waals surface area contributed by atoms with Gasteiger partial charge < -0.3 is 14.4 Å². The number of anilines is 1. The van der Waals surface area contributed by atoms with E-state index in [4.69, 9.17) is 9.47 Å². The highest BCUT2D eigenvalue weighted by molar-refractivity contribution is 5.99. The van der Waals surface area contributed by atoms with Crippen molar-refractivity contribution < 1.29 is 23.5 Å². The van der Waals surface area contributed by atoms with E-state index in [0.717, 1.165) is 12.0 Å². The SMILES string of the molecule is COC(=O)c1cccc2c1CCCN2C(=O)COc1ccc(F)cc1. The Balaban J connectivity index is 1.77. The van der Waals surface area contributed by atoms with Gasteiger partial charge in [-0.1, -0.05) is 6.07 Å². The summed E-state index contributed by atoms with van der Waals surface area (Å²) in [5, 5.41) is 0. The fourth-order valence-corrected chi connectivity index (χ4v) is 2.94. The summed E-state index contributed by atoms with van der Waals surface area (Å²) in [6, 6.07) is 10.8. The first kappa shape index (κ1) is 17.0. The molecule has 0 N–H and O–H groups in total. The third-order valence-corrected chi connectivity index (χ3v) is 4.13. The van der Waals surface area contributed by atoms with Gasteiger partial charge in [0.2, 0.25) is 0 Å². The van der Waals surface area contributed by atoms with Crippen molar-refractivity contribution in [1.82, 2.24) is 0 Å². The van der Waals surface area contributed by atoms with Gasteiger partial charge in [-0.2, -0.15) is 0 Å². The maximum Gasteiger partial charge on any atom is 0.338 e. The molecule has 2 aromatic carbocycles. The van der Waals surface area contributed by atoms with Gasteiger partial charge in [-0.05, 0) is 54.8 Å². The molecule has 0 bridgehead atoms. The molecule has 0 aliphatic carbocycles. The van der Waals surface area contributed by atoms with Crippen molar-refractivity contribution in [2.45, 2.75) is 12.8 Å². The zero-order chi connectivity index (χ0) is 17.8. The van der Waals surface area contributed by atoms with E-state index in [1.54, 1.807) is 17.0 Å². The Bertz CT molecular complexity index is 789. The first-order valence-electron chi connectivity index (χ1n) is 7.99. The molecule has 0 saturated carbocycles. The van der Waals surface area contributed by atoms with Crippen LogP contribution in [0.1, 0.15) is 22.3 Å². The molecule has 1 aliphatic heterocycles. The number of hydrogen-bond acceptors (Lipinski definition) is 4. The normalized spacial score (nSPS) is 13.1. The van der Waals surface area contributed by atoms with Crippen LogP contribution >= 0.6 is 0 Å². The fraction of sp³-hybridized carbons (Fsp3) is 0.263. The van der Waals surface area contributed by atoms with E-state index in [1.807, 2.05) is 6.07 Å². The molecule has 0 unspecified atom stereocenters. The Labute approximate surface area is 145 Å². The molecule has 0 atom stereocenters. The number of amides is 1. The van der Waals surface area contributed by atoms with Crippen LogP contribution in [0.15, 0.2) is 42.5 Å². The number of carbonyl (C=O) groups excluding carboxylic acids is 2. The lowest BCUT2D eigenvalue weighted by molar-refractivity contribution is -0.120. The zero-order valence-corrected chi connectivity index (χ0v) is 13.8. The monoisotopic (exact) mass is 343 g/mol. The smallest absolute Gasteiger partial charge is 0.338 e. The maximum atomic E-state index is 12.9. The molecule has 5 nitrogen and oxygen atoms in total. The quantitative estimate of drug-likeness (QED) is 0.801. The van der Waals surface area contributed by atoms with Crippen LogP contribution in [0.3, 0.4) is 0 Å². The van der Waals surface area contributed by atoms with Gasteiger partial charge in [-0.3, -0.25) is 4.79 Å². The van der Waals surface area contributed by atoms with Crippen LogP contribution in [-0.2, 0) is 16.0 Å². The summed E-state index contributed by atoms with van der Waals surface area (Å²) in [7, 11) is 1.34. The second-order valence-corrected chi connectivity index (χ2v) is 5.69. The Morgan fingerprint density at radius 3 is 2.64 bits per heavy atom. The van der Waals surface area contributed by atoms with Crippen molar-refractivity contribution in [3.63, 3.8) is 0 Å². The lowest BCUT2D eigenvalue weighted by Gasteiger charge is -2.30. The van der Waals surface area contributed by atoms with Crippen molar-refractivity contribution in [3.8, 4) is 5.75 Å². The molecule has 0 saturated heterocycles. The Kier molecular flexibility index (Phi) is 4.97. The van der Waals surface area contributed by atoms with Gasteiger partial charge in [0.1, 0.15) is 11.6 Å².